The Morgan fingerprint density at radius 3 is 2.16 bits per heavy atom. The Morgan fingerprint density at radius 1 is 0.947 bits per heavy atom. The van der Waals surface area contributed by atoms with E-state index < -0.39 is 0 Å². The van der Waals surface area contributed by atoms with Gasteiger partial charge < -0.3 is 5.73 Å². The van der Waals surface area contributed by atoms with E-state index in [0.717, 1.165) is 19.4 Å². The molecular formula is C17H20BrN. The lowest BCUT2D eigenvalue weighted by Crippen LogP contribution is -2.20. The largest absolute Gasteiger partial charge is 0.330 e. The molecule has 2 aromatic carbocycles. The third-order valence-electron chi connectivity index (χ3n) is 3.57. The predicted octanol–water partition coefficient (Wildman–Crippen LogP) is 4.12. The molecule has 2 heteroatoms. The maximum Gasteiger partial charge on any atom is 0.0207 e. The average Bonchev–Trinajstić information content (AvgIpc) is 2.42. The summed E-state index contributed by atoms with van der Waals surface area (Å²) in [4.78, 5) is 0. The van der Waals surface area contributed by atoms with Gasteiger partial charge in [0.2, 0.25) is 0 Å². The van der Waals surface area contributed by atoms with Crippen molar-refractivity contribution in [2.75, 3.05) is 6.54 Å². The van der Waals surface area contributed by atoms with Gasteiger partial charge in [0.05, 0.1) is 0 Å². The van der Waals surface area contributed by atoms with Crippen LogP contribution in [-0.2, 0) is 12.8 Å². The first kappa shape index (κ1) is 14.3. The number of benzene rings is 2. The molecule has 2 rings (SSSR count). The van der Waals surface area contributed by atoms with E-state index in [1.165, 1.54) is 21.2 Å². The van der Waals surface area contributed by atoms with Crippen molar-refractivity contribution in [1.29, 1.82) is 0 Å². The Bertz CT molecular complexity index is 489. The molecule has 1 atom stereocenters. The third-order valence-corrected chi connectivity index (χ3v) is 4.34. The van der Waals surface area contributed by atoms with Gasteiger partial charge in [-0.15, -0.1) is 0 Å². The second kappa shape index (κ2) is 6.88. The van der Waals surface area contributed by atoms with Crippen LogP contribution in [0.5, 0.6) is 0 Å². The van der Waals surface area contributed by atoms with Crippen LogP contribution in [0, 0.1) is 12.8 Å². The summed E-state index contributed by atoms with van der Waals surface area (Å²) in [6.07, 6.45) is 2.07. The normalized spacial score (nSPS) is 12.4. The molecule has 2 N–H and O–H groups in total. The first-order valence-electron chi connectivity index (χ1n) is 6.68. The summed E-state index contributed by atoms with van der Waals surface area (Å²) < 4.78 is 1.18. The highest BCUT2D eigenvalue weighted by molar-refractivity contribution is 9.10. The highest BCUT2D eigenvalue weighted by Gasteiger charge is 2.11. The molecule has 0 amide bonds. The maximum absolute atomic E-state index is 5.95. The number of hydrogen-bond acceptors (Lipinski definition) is 1. The molecule has 0 spiro atoms. The molecule has 0 aliphatic heterocycles. The van der Waals surface area contributed by atoms with Crippen molar-refractivity contribution < 1.29 is 0 Å². The third kappa shape index (κ3) is 3.92. The van der Waals surface area contributed by atoms with Gasteiger partial charge in [0, 0.05) is 4.47 Å². The number of nitrogens with two attached hydrogens (primary N) is 1. The number of rotatable bonds is 5. The molecule has 1 unspecified atom stereocenters. The van der Waals surface area contributed by atoms with Crippen LogP contribution < -0.4 is 5.73 Å². The van der Waals surface area contributed by atoms with Gasteiger partial charge in [-0.2, -0.15) is 0 Å². The Labute approximate surface area is 124 Å². The molecule has 0 aromatic heterocycles. The fourth-order valence-corrected chi connectivity index (χ4v) is 2.81. The molecule has 19 heavy (non-hydrogen) atoms. The predicted molar refractivity (Wildman–Crippen MR) is 85.3 cm³/mol. The van der Waals surface area contributed by atoms with Gasteiger partial charge >= 0.3 is 0 Å². The van der Waals surface area contributed by atoms with Crippen molar-refractivity contribution in [3.63, 3.8) is 0 Å². The van der Waals surface area contributed by atoms with Crippen LogP contribution in [0.25, 0.3) is 0 Å². The molecular weight excluding hydrogens is 298 g/mol. The fourth-order valence-electron chi connectivity index (χ4n) is 2.36. The van der Waals surface area contributed by atoms with Gasteiger partial charge in [-0.05, 0) is 55.0 Å². The number of halogens is 1. The molecule has 0 saturated carbocycles. The van der Waals surface area contributed by atoms with E-state index in [2.05, 4.69) is 65.3 Å². The van der Waals surface area contributed by atoms with E-state index in [4.69, 9.17) is 5.73 Å². The minimum absolute atomic E-state index is 0.486. The Morgan fingerprint density at radius 2 is 1.53 bits per heavy atom. The zero-order valence-corrected chi connectivity index (χ0v) is 12.9. The summed E-state index contributed by atoms with van der Waals surface area (Å²) in [7, 11) is 0. The van der Waals surface area contributed by atoms with Crippen molar-refractivity contribution in [3.8, 4) is 0 Å². The smallest absolute Gasteiger partial charge is 0.0207 e. The first-order chi connectivity index (χ1) is 9.20. The molecule has 2 aromatic rings. The van der Waals surface area contributed by atoms with Crippen LogP contribution in [0.3, 0.4) is 0 Å². The van der Waals surface area contributed by atoms with E-state index in [1.54, 1.807) is 0 Å². The van der Waals surface area contributed by atoms with Crippen molar-refractivity contribution in [2.45, 2.75) is 19.8 Å². The van der Waals surface area contributed by atoms with E-state index in [9.17, 15) is 0 Å². The monoisotopic (exact) mass is 317 g/mol. The highest BCUT2D eigenvalue weighted by Crippen LogP contribution is 2.22. The number of aryl methyl sites for hydroxylation is 1. The van der Waals surface area contributed by atoms with Crippen LogP contribution in [-0.4, -0.2) is 6.54 Å². The van der Waals surface area contributed by atoms with E-state index >= 15 is 0 Å². The molecule has 100 valence electrons. The average molecular weight is 318 g/mol. The minimum atomic E-state index is 0.486. The summed E-state index contributed by atoms with van der Waals surface area (Å²) in [5.41, 5.74) is 10.1. The molecule has 0 fully saturated rings. The van der Waals surface area contributed by atoms with Crippen molar-refractivity contribution in [2.24, 2.45) is 11.7 Å². The lowest BCUT2D eigenvalue weighted by atomic mass is 9.91. The quantitative estimate of drug-likeness (QED) is 0.882. The fraction of sp³-hybridized carbons (Fsp3) is 0.294. The van der Waals surface area contributed by atoms with Crippen LogP contribution in [0.15, 0.2) is 53.0 Å². The van der Waals surface area contributed by atoms with Gasteiger partial charge in [-0.1, -0.05) is 58.4 Å². The van der Waals surface area contributed by atoms with Gasteiger partial charge in [0.15, 0.2) is 0 Å². The van der Waals surface area contributed by atoms with Crippen molar-refractivity contribution >= 4 is 15.9 Å². The van der Waals surface area contributed by atoms with Gasteiger partial charge in [-0.25, -0.2) is 0 Å². The second-order valence-electron chi connectivity index (χ2n) is 5.03. The molecule has 1 nitrogen and oxygen atoms in total. The summed E-state index contributed by atoms with van der Waals surface area (Å²) in [6, 6.07) is 17.0. The van der Waals surface area contributed by atoms with E-state index in [-0.39, 0.29) is 0 Å². The van der Waals surface area contributed by atoms with Gasteiger partial charge in [0.1, 0.15) is 0 Å². The van der Waals surface area contributed by atoms with Crippen LogP contribution in [0.1, 0.15) is 16.7 Å². The highest BCUT2D eigenvalue weighted by atomic mass is 79.9. The molecule has 0 bridgehead atoms. The molecule has 0 aliphatic carbocycles. The molecule has 0 saturated heterocycles. The van der Waals surface area contributed by atoms with Crippen LogP contribution in [0.4, 0.5) is 0 Å². The Hall–Kier alpha value is -1.12. The van der Waals surface area contributed by atoms with Crippen LogP contribution in [0.2, 0.25) is 0 Å². The molecule has 0 heterocycles. The maximum atomic E-state index is 5.95. The first-order valence-corrected chi connectivity index (χ1v) is 7.48. The lowest BCUT2D eigenvalue weighted by molar-refractivity contribution is 0.531. The van der Waals surface area contributed by atoms with Crippen LogP contribution >= 0.6 is 15.9 Å². The van der Waals surface area contributed by atoms with Gasteiger partial charge in [0.25, 0.3) is 0 Å². The Kier molecular flexibility index (Phi) is 5.17. The lowest BCUT2D eigenvalue weighted by Gasteiger charge is -2.17. The minimum Gasteiger partial charge on any atom is -0.330 e. The summed E-state index contributed by atoms with van der Waals surface area (Å²) in [6.45, 7) is 2.89. The zero-order chi connectivity index (χ0) is 13.7. The van der Waals surface area contributed by atoms with Gasteiger partial charge in [-0.3, -0.25) is 0 Å². The van der Waals surface area contributed by atoms with Crippen molar-refractivity contribution in [3.05, 3.63) is 69.7 Å². The summed E-state index contributed by atoms with van der Waals surface area (Å²) in [5.74, 6) is 0.486. The number of hydrogen-bond donors (Lipinski definition) is 1. The van der Waals surface area contributed by atoms with E-state index in [1.807, 2.05) is 6.07 Å². The summed E-state index contributed by atoms with van der Waals surface area (Å²) >= 11 is 3.61. The topological polar surface area (TPSA) is 26.0 Å². The standard InChI is InChI=1S/C17H20BrN/c1-13-6-2-3-7-15(13)10-14(12-19)11-16-8-4-5-9-17(16)18/h2-9,14H,10-12,19H2,1H3. The SMILES string of the molecule is Cc1ccccc1CC(CN)Cc1ccccc1Br. The summed E-state index contributed by atoms with van der Waals surface area (Å²) in [5, 5.41) is 0. The van der Waals surface area contributed by atoms with Crippen molar-refractivity contribution in [1.82, 2.24) is 0 Å². The Balaban J connectivity index is 2.09. The second-order valence-corrected chi connectivity index (χ2v) is 5.88. The zero-order valence-electron chi connectivity index (χ0n) is 11.3. The molecule has 0 aliphatic rings. The van der Waals surface area contributed by atoms with E-state index in [0.29, 0.717) is 5.92 Å². The molecule has 0 radical (unpaired) electrons.